The van der Waals surface area contributed by atoms with E-state index in [4.69, 9.17) is 4.42 Å². The molecule has 4 heteroatoms. The molecule has 1 N–H and O–H groups in total. The maximum atomic E-state index is 12.1. The second-order valence-corrected chi connectivity index (χ2v) is 4.88. The van der Waals surface area contributed by atoms with E-state index in [9.17, 15) is 4.79 Å². The first kappa shape index (κ1) is 9.90. The van der Waals surface area contributed by atoms with E-state index in [0.717, 1.165) is 32.6 Å². The zero-order chi connectivity index (χ0) is 11.0. The summed E-state index contributed by atoms with van der Waals surface area (Å²) in [6.45, 7) is 3.87. The minimum atomic E-state index is 0.0359. The molecule has 16 heavy (non-hydrogen) atoms. The fraction of sp³-hybridized carbons (Fsp3) is 0.583. The Kier molecular flexibility index (Phi) is 2.24. The number of furan rings is 1. The van der Waals surface area contributed by atoms with Crippen LogP contribution in [0.25, 0.3) is 0 Å². The van der Waals surface area contributed by atoms with E-state index >= 15 is 0 Å². The molecule has 2 aliphatic rings. The molecule has 2 aliphatic heterocycles. The summed E-state index contributed by atoms with van der Waals surface area (Å²) >= 11 is 0. The van der Waals surface area contributed by atoms with E-state index in [2.05, 4.69) is 5.32 Å². The van der Waals surface area contributed by atoms with E-state index in [1.165, 1.54) is 6.42 Å². The number of likely N-dealkylation sites (tertiary alicyclic amines) is 1. The van der Waals surface area contributed by atoms with Crippen LogP contribution in [0.1, 0.15) is 23.4 Å². The van der Waals surface area contributed by atoms with Crippen molar-refractivity contribution in [2.45, 2.75) is 12.8 Å². The summed E-state index contributed by atoms with van der Waals surface area (Å²) in [6, 6.07) is 3.50. The Morgan fingerprint density at radius 3 is 3.12 bits per heavy atom. The highest BCUT2D eigenvalue weighted by molar-refractivity contribution is 5.91. The minimum absolute atomic E-state index is 0.0359. The number of carbonyl (C=O) groups is 1. The van der Waals surface area contributed by atoms with Crippen molar-refractivity contribution in [2.75, 3.05) is 26.2 Å². The molecule has 2 saturated heterocycles. The standard InChI is InChI=1S/C12H16N2O2/c15-11(10-2-1-7-16-10)14-6-4-12(9-14)3-5-13-8-12/h1-2,7,13H,3-6,8-9H2. The van der Waals surface area contributed by atoms with Gasteiger partial charge in [-0.15, -0.1) is 0 Å². The molecule has 4 nitrogen and oxygen atoms in total. The normalized spacial score (nSPS) is 29.1. The van der Waals surface area contributed by atoms with E-state index in [0.29, 0.717) is 11.2 Å². The lowest BCUT2D eigenvalue weighted by Crippen LogP contribution is -2.33. The fourth-order valence-corrected chi connectivity index (χ4v) is 2.81. The summed E-state index contributed by atoms with van der Waals surface area (Å²) in [5.41, 5.74) is 0.336. The van der Waals surface area contributed by atoms with Gasteiger partial charge < -0.3 is 14.6 Å². The number of hydrogen-bond donors (Lipinski definition) is 1. The van der Waals surface area contributed by atoms with E-state index in [1.54, 1.807) is 18.4 Å². The van der Waals surface area contributed by atoms with Crippen molar-refractivity contribution in [3.8, 4) is 0 Å². The van der Waals surface area contributed by atoms with Gasteiger partial charge in [-0.1, -0.05) is 0 Å². The van der Waals surface area contributed by atoms with Gasteiger partial charge in [0.05, 0.1) is 6.26 Å². The first-order valence-electron chi connectivity index (χ1n) is 5.83. The molecule has 3 heterocycles. The van der Waals surface area contributed by atoms with Gasteiger partial charge in [0.1, 0.15) is 0 Å². The molecule has 0 aliphatic carbocycles. The largest absolute Gasteiger partial charge is 0.459 e. The Morgan fingerprint density at radius 2 is 2.44 bits per heavy atom. The average molecular weight is 220 g/mol. The monoisotopic (exact) mass is 220 g/mol. The Balaban J connectivity index is 1.72. The first-order valence-corrected chi connectivity index (χ1v) is 5.83. The van der Waals surface area contributed by atoms with E-state index < -0.39 is 0 Å². The predicted octanol–water partition coefficient (Wildman–Crippen LogP) is 1.11. The summed E-state index contributed by atoms with van der Waals surface area (Å²) in [7, 11) is 0. The minimum Gasteiger partial charge on any atom is -0.459 e. The van der Waals surface area contributed by atoms with E-state index in [-0.39, 0.29) is 5.91 Å². The molecule has 86 valence electrons. The third-order valence-corrected chi connectivity index (χ3v) is 3.79. The van der Waals surface area contributed by atoms with Gasteiger partial charge >= 0.3 is 0 Å². The number of hydrogen-bond acceptors (Lipinski definition) is 3. The second kappa shape index (κ2) is 3.63. The lowest BCUT2D eigenvalue weighted by molar-refractivity contribution is 0.0744. The van der Waals surface area contributed by atoms with Gasteiger partial charge in [-0.25, -0.2) is 0 Å². The molecule has 0 bridgehead atoms. The molecule has 1 aromatic heterocycles. The SMILES string of the molecule is O=C(c1ccco1)N1CCC2(CCNC2)C1. The van der Waals surface area contributed by atoms with Crippen LogP contribution in [0.4, 0.5) is 0 Å². The van der Waals surface area contributed by atoms with Gasteiger partial charge in [-0.05, 0) is 31.5 Å². The molecular formula is C12H16N2O2. The second-order valence-electron chi connectivity index (χ2n) is 4.88. The molecule has 1 atom stereocenters. The van der Waals surface area contributed by atoms with Gasteiger partial charge in [-0.3, -0.25) is 4.79 Å². The van der Waals surface area contributed by atoms with Crippen LogP contribution < -0.4 is 5.32 Å². The molecule has 0 aromatic carbocycles. The van der Waals surface area contributed by atoms with Crippen LogP contribution in [0.15, 0.2) is 22.8 Å². The van der Waals surface area contributed by atoms with Crippen LogP contribution in [0.3, 0.4) is 0 Å². The maximum absolute atomic E-state index is 12.1. The van der Waals surface area contributed by atoms with Crippen molar-refractivity contribution in [1.82, 2.24) is 10.2 Å². The Labute approximate surface area is 94.6 Å². The van der Waals surface area contributed by atoms with Crippen LogP contribution in [0, 0.1) is 5.41 Å². The highest BCUT2D eigenvalue weighted by Crippen LogP contribution is 2.36. The van der Waals surface area contributed by atoms with Gasteiger partial charge in [0.2, 0.25) is 0 Å². The predicted molar refractivity (Wildman–Crippen MR) is 59.1 cm³/mol. The first-order chi connectivity index (χ1) is 7.79. The van der Waals surface area contributed by atoms with Crippen LogP contribution >= 0.6 is 0 Å². The van der Waals surface area contributed by atoms with Crippen molar-refractivity contribution < 1.29 is 9.21 Å². The van der Waals surface area contributed by atoms with Crippen molar-refractivity contribution in [3.63, 3.8) is 0 Å². The number of carbonyl (C=O) groups excluding carboxylic acids is 1. The number of rotatable bonds is 1. The molecule has 1 unspecified atom stereocenters. The summed E-state index contributed by atoms with van der Waals surface area (Å²) in [5.74, 6) is 0.497. The van der Waals surface area contributed by atoms with Gasteiger partial charge in [0, 0.05) is 25.0 Å². The molecule has 1 amide bonds. The fourth-order valence-electron chi connectivity index (χ4n) is 2.81. The average Bonchev–Trinajstić information content (AvgIpc) is 3.01. The van der Waals surface area contributed by atoms with Crippen molar-refractivity contribution in [3.05, 3.63) is 24.2 Å². The number of nitrogens with zero attached hydrogens (tertiary/aromatic N) is 1. The van der Waals surface area contributed by atoms with Crippen LogP contribution in [0.2, 0.25) is 0 Å². The van der Waals surface area contributed by atoms with Crippen LogP contribution in [-0.2, 0) is 0 Å². The zero-order valence-electron chi connectivity index (χ0n) is 9.24. The molecular weight excluding hydrogens is 204 g/mol. The van der Waals surface area contributed by atoms with Crippen molar-refractivity contribution in [2.24, 2.45) is 5.41 Å². The van der Waals surface area contributed by atoms with Crippen molar-refractivity contribution in [1.29, 1.82) is 0 Å². The summed E-state index contributed by atoms with van der Waals surface area (Å²) < 4.78 is 5.15. The summed E-state index contributed by atoms with van der Waals surface area (Å²) in [5, 5.41) is 3.39. The third kappa shape index (κ3) is 1.53. The van der Waals surface area contributed by atoms with Crippen LogP contribution in [-0.4, -0.2) is 37.0 Å². The molecule has 1 spiro atoms. The molecule has 3 rings (SSSR count). The van der Waals surface area contributed by atoms with Crippen molar-refractivity contribution >= 4 is 5.91 Å². The highest BCUT2D eigenvalue weighted by Gasteiger charge is 2.42. The highest BCUT2D eigenvalue weighted by atomic mass is 16.3. The van der Waals surface area contributed by atoms with Gasteiger partial charge in [0.15, 0.2) is 5.76 Å². The molecule has 1 aromatic rings. The lowest BCUT2D eigenvalue weighted by atomic mass is 9.87. The Morgan fingerprint density at radius 1 is 1.50 bits per heavy atom. The maximum Gasteiger partial charge on any atom is 0.289 e. The lowest BCUT2D eigenvalue weighted by Gasteiger charge is -2.22. The van der Waals surface area contributed by atoms with Gasteiger partial charge in [-0.2, -0.15) is 0 Å². The zero-order valence-corrected chi connectivity index (χ0v) is 9.24. The Hall–Kier alpha value is -1.29. The third-order valence-electron chi connectivity index (χ3n) is 3.79. The summed E-state index contributed by atoms with van der Waals surface area (Å²) in [6.07, 6.45) is 3.86. The smallest absolute Gasteiger partial charge is 0.289 e. The number of nitrogens with one attached hydrogen (secondary N) is 1. The van der Waals surface area contributed by atoms with Gasteiger partial charge in [0.25, 0.3) is 5.91 Å². The molecule has 2 fully saturated rings. The van der Waals surface area contributed by atoms with Crippen LogP contribution in [0.5, 0.6) is 0 Å². The van der Waals surface area contributed by atoms with E-state index in [1.807, 2.05) is 4.90 Å². The molecule has 0 saturated carbocycles. The topological polar surface area (TPSA) is 45.5 Å². The quantitative estimate of drug-likeness (QED) is 0.771. The molecule has 0 radical (unpaired) electrons. The number of amides is 1. The Bertz CT molecular complexity index is 380. The summed E-state index contributed by atoms with van der Waals surface area (Å²) in [4.78, 5) is 14.0.